The largest absolute Gasteiger partial charge is 0.481 e. The number of carbonyl (C=O) groups is 2. The van der Waals surface area contributed by atoms with E-state index >= 15 is 0 Å². The molecule has 2 heterocycles. The maximum Gasteiger partial charge on any atom is 0.481 e. The standard InChI is InChI=1S/C41H75N3O15P2/c1-5-32(4)23-19-15-10-8-6-7-9-11-17-21-25-37(46)57-33(28-54-36(45)24-20-16-13-12-14-18-22-31(2)3)29-55-60(50,51)59-61(52,53)56-30-34-38(47)39(48)40(58-34)44-27-26-35(42)43-41(44)49/h26-27,31-34,38-40,47-48H,5-25,28-30H2,1-4H3,(H,50,51)(H,52,53)(H2,42,43,49)/t32?,33-,34-,38+,39?,40-/m1/s1. The van der Waals surface area contributed by atoms with Crippen LogP contribution in [0.3, 0.4) is 0 Å². The zero-order chi connectivity index (χ0) is 45.3. The zero-order valence-electron chi connectivity index (χ0n) is 36.8. The number of phosphoric ester groups is 2. The molecule has 0 spiro atoms. The number of aromatic nitrogens is 2. The Bertz CT molecular complexity index is 1550. The van der Waals surface area contributed by atoms with Crippen LogP contribution in [0.25, 0.3) is 0 Å². The highest BCUT2D eigenvalue weighted by Gasteiger charge is 2.46. The van der Waals surface area contributed by atoms with E-state index in [1.165, 1.54) is 63.9 Å². The Labute approximate surface area is 361 Å². The average molecular weight is 912 g/mol. The smallest absolute Gasteiger partial charge is 0.462 e. The van der Waals surface area contributed by atoms with E-state index in [0.29, 0.717) is 18.8 Å². The number of nitrogen functional groups attached to an aromatic ring is 1. The number of rotatable bonds is 35. The lowest BCUT2D eigenvalue weighted by atomic mass is 9.99. The molecule has 1 aromatic rings. The van der Waals surface area contributed by atoms with Gasteiger partial charge >= 0.3 is 33.3 Å². The summed E-state index contributed by atoms with van der Waals surface area (Å²) in [7, 11) is -10.8. The number of nitrogens with two attached hydrogens (primary N) is 1. The van der Waals surface area contributed by atoms with Crippen LogP contribution in [0.2, 0.25) is 0 Å². The van der Waals surface area contributed by atoms with Crippen LogP contribution in [0.1, 0.15) is 169 Å². The Morgan fingerprint density at radius 3 is 1.87 bits per heavy atom. The van der Waals surface area contributed by atoms with Crippen molar-refractivity contribution in [3.63, 3.8) is 0 Å². The van der Waals surface area contributed by atoms with Crippen LogP contribution in [0.15, 0.2) is 17.1 Å². The molecule has 0 radical (unpaired) electrons. The van der Waals surface area contributed by atoms with E-state index in [-0.39, 0.29) is 18.7 Å². The van der Waals surface area contributed by atoms with Gasteiger partial charge in [-0.2, -0.15) is 9.29 Å². The summed E-state index contributed by atoms with van der Waals surface area (Å²) in [6, 6.07) is 1.25. The normalized spacial score (nSPS) is 20.9. The van der Waals surface area contributed by atoms with Gasteiger partial charge in [0.1, 0.15) is 30.7 Å². The first-order valence-electron chi connectivity index (χ1n) is 22.3. The Hall–Kier alpha value is -2.24. The number of hydrogen-bond acceptors (Lipinski definition) is 15. The summed E-state index contributed by atoms with van der Waals surface area (Å²) in [6.07, 6.45) is 13.9. The highest BCUT2D eigenvalue weighted by molar-refractivity contribution is 7.61. The molecule has 354 valence electrons. The summed E-state index contributed by atoms with van der Waals surface area (Å²) in [5.41, 5.74) is 4.58. The van der Waals surface area contributed by atoms with Crippen molar-refractivity contribution >= 4 is 33.4 Å². The quantitative estimate of drug-likeness (QED) is 0.0249. The van der Waals surface area contributed by atoms with Gasteiger partial charge in [-0.25, -0.2) is 13.9 Å². The summed E-state index contributed by atoms with van der Waals surface area (Å²) in [5, 5.41) is 20.8. The number of carbonyl (C=O) groups excluding carboxylic acids is 2. The summed E-state index contributed by atoms with van der Waals surface area (Å²) in [6.45, 7) is 6.64. The van der Waals surface area contributed by atoms with Gasteiger partial charge in [0.05, 0.1) is 13.2 Å². The lowest BCUT2D eigenvalue weighted by Gasteiger charge is -2.21. The third-order valence-corrected chi connectivity index (χ3v) is 13.3. The van der Waals surface area contributed by atoms with E-state index in [1.54, 1.807) is 0 Å². The number of phosphoric acid groups is 2. The van der Waals surface area contributed by atoms with Gasteiger partial charge in [0.25, 0.3) is 0 Å². The van der Waals surface area contributed by atoms with Gasteiger partial charge in [-0.05, 0) is 30.7 Å². The molecule has 0 amide bonds. The molecule has 0 saturated carbocycles. The van der Waals surface area contributed by atoms with Crippen molar-refractivity contribution < 1.29 is 66.3 Å². The van der Waals surface area contributed by atoms with E-state index in [4.69, 9.17) is 29.0 Å². The molecule has 1 fully saturated rings. The van der Waals surface area contributed by atoms with Crippen LogP contribution < -0.4 is 11.4 Å². The van der Waals surface area contributed by atoms with Gasteiger partial charge in [0.2, 0.25) is 0 Å². The van der Waals surface area contributed by atoms with Crippen molar-refractivity contribution in [1.29, 1.82) is 0 Å². The van der Waals surface area contributed by atoms with Gasteiger partial charge in [0.15, 0.2) is 12.3 Å². The molecule has 1 aromatic heterocycles. The maximum absolute atomic E-state index is 12.8. The summed E-state index contributed by atoms with van der Waals surface area (Å²) < 4.78 is 56.5. The van der Waals surface area contributed by atoms with Crippen LogP contribution in [0, 0.1) is 11.8 Å². The number of nitrogens with zero attached hydrogens (tertiary/aromatic N) is 2. The fraction of sp³-hybridized carbons (Fsp3) is 0.854. The SMILES string of the molecule is CCC(C)CCCCCCCCCCCCC(=O)O[C@H](COC(=O)CCCCCCCCC(C)C)COP(=O)(O)OP(=O)(O)OC[C@H]1O[C@@H](n2ccc(N)nc2=O)C(O)[C@H]1O. The molecule has 61 heavy (non-hydrogen) atoms. The third-order valence-electron chi connectivity index (χ3n) is 10.7. The van der Waals surface area contributed by atoms with E-state index in [1.807, 2.05) is 0 Å². The molecule has 1 saturated heterocycles. The first-order chi connectivity index (χ1) is 28.9. The molecule has 0 aliphatic carbocycles. The third kappa shape index (κ3) is 24.4. The minimum atomic E-state index is -5.41. The summed E-state index contributed by atoms with van der Waals surface area (Å²) in [4.78, 5) is 61.5. The minimum absolute atomic E-state index is 0.0544. The molecule has 18 nitrogen and oxygen atoms in total. The van der Waals surface area contributed by atoms with Crippen molar-refractivity contribution in [2.75, 3.05) is 25.6 Å². The maximum atomic E-state index is 12.8. The van der Waals surface area contributed by atoms with Crippen LogP contribution in [-0.2, 0) is 46.3 Å². The molecule has 0 aromatic carbocycles. The van der Waals surface area contributed by atoms with E-state index < -0.39 is 83.7 Å². The number of ether oxygens (including phenoxy) is 3. The van der Waals surface area contributed by atoms with Crippen molar-refractivity contribution in [1.82, 2.24) is 9.55 Å². The molecule has 1 aliphatic heterocycles. The molecule has 1 aliphatic rings. The monoisotopic (exact) mass is 911 g/mol. The van der Waals surface area contributed by atoms with Gasteiger partial charge in [-0.1, -0.05) is 137 Å². The number of unbranched alkanes of at least 4 members (excludes halogenated alkanes) is 14. The van der Waals surface area contributed by atoms with Gasteiger partial charge in [-0.15, -0.1) is 0 Å². The first-order valence-corrected chi connectivity index (χ1v) is 25.3. The Morgan fingerprint density at radius 1 is 0.787 bits per heavy atom. The zero-order valence-corrected chi connectivity index (χ0v) is 38.6. The van der Waals surface area contributed by atoms with Crippen LogP contribution in [0.4, 0.5) is 5.82 Å². The minimum Gasteiger partial charge on any atom is -0.462 e. The van der Waals surface area contributed by atoms with Crippen LogP contribution >= 0.6 is 15.6 Å². The molecule has 8 atom stereocenters. The van der Waals surface area contributed by atoms with E-state index in [2.05, 4.69) is 37.0 Å². The summed E-state index contributed by atoms with van der Waals surface area (Å²) in [5.74, 6) is 0.182. The lowest BCUT2D eigenvalue weighted by Crippen LogP contribution is -2.36. The number of aliphatic hydroxyl groups excluding tert-OH is 2. The van der Waals surface area contributed by atoms with Crippen LogP contribution in [0.5, 0.6) is 0 Å². The van der Waals surface area contributed by atoms with Crippen molar-refractivity contribution in [2.45, 2.75) is 193 Å². The fourth-order valence-electron chi connectivity index (χ4n) is 6.77. The Balaban J connectivity index is 1.84. The van der Waals surface area contributed by atoms with E-state index in [0.717, 1.165) is 68.0 Å². The predicted octanol–water partition coefficient (Wildman–Crippen LogP) is 7.65. The molecular formula is C41H75N3O15P2. The molecule has 0 bridgehead atoms. The number of hydrogen-bond donors (Lipinski definition) is 5. The van der Waals surface area contributed by atoms with Gasteiger partial charge in [0, 0.05) is 19.0 Å². The Morgan fingerprint density at radius 2 is 1.31 bits per heavy atom. The topological polar surface area (TPSA) is 265 Å². The van der Waals surface area contributed by atoms with Crippen LogP contribution in [-0.4, -0.2) is 85.7 Å². The van der Waals surface area contributed by atoms with Gasteiger partial charge in [-0.3, -0.25) is 23.2 Å². The second-order valence-corrected chi connectivity index (χ2v) is 19.7. The van der Waals surface area contributed by atoms with Gasteiger partial charge < -0.3 is 39.9 Å². The highest BCUT2D eigenvalue weighted by Crippen LogP contribution is 2.60. The summed E-state index contributed by atoms with van der Waals surface area (Å²) >= 11 is 0. The first kappa shape index (κ1) is 54.9. The molecule has 2 rings (SSSR count). The molecule has 20 heteroatoms. The molecular weight excluding hydrogens is 836 g/mol. The van der Waals surface area contributed by atoms with Crippen molar-refractivity contribution in [3.8, 4) is 0 Å². The number of esters is 2. The molecule has 6 N–H and O–H groups in total. The lowest BCUT2D eigenvalue weighted by molar-refractivity contribution is -0.161. The highest BCUT2D eigenvalue weighted by atomic mass is 31.3. The van der Waals surface area contributed by atoms with Crippen molar-refractivity contribution in [3.05, 3.63) is 22.7 Å². The second kappa shape index (κ2) is 30.0. The van der Waals surface area contributed by atoms with Crippen molar-refractivity contribution in [2.24, 2.45) is 11.8 Å². The predicted molar refractivity (Wildman–Crippen MR) is 229 cm³/mol. The number of anilines is 1. The average Bonchev–Trinajstić information content (AvgIpc) is 3.47. The fourth-order valence-corrected chi connectivity index (χ4v) is 8.88. The Kier molecular flexibility index (Phi) is 27.0. The molecule has 4 unspecified atom stereocenters. The second-order valence-electron chi connectivity index (χ2n) is 16.6. The number of aliphatic hydroxyl groups is 2. The van der Waals surface area contributed by atoms with E-state index in [9.17, 15) is 43.5 Å².